The number of nitrogens with zero attached hydrogens (tertiary/aromatic N) is 1. The number of piperidine rings is 1. The van der Waals surface area contributed by atoms with Crippen LogP contribution in [0.3, 0.4) is 0 Å². The molecule has 0 aromatic heterocycles. The molecule has 156 valence electrons. The molecule has 1 saturated heterocycles. The van der Waals surface area contributed by atoms with E-state index in [0.717, 1.165) is 5.75 Å². The van der Waals surface area contributed by atoms with Gasteiger partial charge in [0.05, 0.1) is 5.75 Å². The molecule has 5 nitrogen and oxygen atoms in total. The summed E-state index contributed by atoms with van der Waals surface area (Å²) in [5, 5.41) is 3.56. The van der Waals surface area contributed by atoms with Crippen LogP contribution in [0.25, 0.3) is 0 Å². The maximum absolute atomic E-state index is 12.7. The van der Waals surface area contributed by atoms with E-state index in [-0.39, 0.29) is 17.6 Å². The smallest absolute Gasteiger partial charge is 0.223 e. The van der Waals surface area contributed by atoms with Gasteiger partial charge in [-0.15, -0.1) is 11.8 Å². The predicted molar refractivity (Wildman–Crippen MR) is 119 cm³/mol. The third-order valence-corrected chi connectivity index (χ3v) is 8.01. The number of hydrogen-bond donors (Lipinski definition) is 1. The van der Waals surface area contributed by atoms with Crippen LogP contribution in [0, 0.1) is 5.92 Å². The fourth-order valence-corrected chi connectivity index (χ4v) is 5.76. The Bertz CT molecular complexity index is 897. The molecule has 0 bridgehead atoms. The zero-order chi connectivity index (χ0) is 20.7. The number of halogens is 1. The maximum atomic E-state index is 12.7. The van der Waals surface area contributed by atoms with Crippen molar-refractivity contribution in [3.05, 3.63) is 65.2 Å². The number of hydrogen-bond acceptors (Lipinski definition) is 4. The predicted octanol–water partition coefficient (Wildman–Crippen LogP) is 3.79. The van der Waals surface area contributed by atoms with E-state index in [0.29, 0.717) is 43.1 Å². The Morgan fingerprint density at radius 3 is 2.38 bits per heavy atom. The topological polar surface area (TPSA) is 66.5 Å². The second-order valence-electron chi connectivity index (χ2n) is 7.01. The Morgan fingerprint density at radius 1 is 1.07 bits per heavy atom. The van der Waals surface area contributed by atoms with Crippen molar-refractivity contribution in [1.82, 2.24) is 9.62 Å². The van der Waals surface area contributed by atoms with Crippen LogP contribution in [0.4, 0.5) is 0 Å². The molecule has 0 spiro atoms. The molecule has 0 aliphatic carbocycles. The van der Waals surface area contributed by atoms with Crippen LogP contribution >= 0.6 is 23.4 Å². The Hall–Kier alpha value is -1.54. The summed E-state index contributed by atoms with van der Waals surface area (Å²) in [7, 11) is -3.39. The van der Waals surface area contributed by atoms with Gasteiger partial charge in [-0.2, -0.15) is 0 Å². The second kappa shape index (κ2) is 10.5. The molecular weight excluding hydrogens is 428 g/mol. The Labute approximate surface area is 181 Å². The summed E-state index contributed by atoms with van der Waals surface area (Å²) in [5.74, 6) is 0.661. The van der Waals surface area contributed by atoms with Gasteiger partial charge in [0.1, 0.15) is 0 Å². The van der Waals surface area contributed by atoms with Gasteiger partial charge >= 0.3 is 0 Å². The fraction of sp³-hybridized carbons (Fsp3) is 0.381. The Balaban J connectivity index is 1.40. The van der Waals surface area contributed by atoms with E-state index in [4.69, 9.17) is 11.6 Å². The summed E-state index contributed by atoms with van der Waals surface area (Å²) >= 11 is 7.56. The van der Waals surface area contributed by atoms with E-state index in [2.05, 4.69) is 5.32 Å². The average Bonchev–Trinajstić information content (AvgIpc) is 2.73. The standard InChI is InChI=1S/C21H25ClN2O3S2/c22-19-8-6-17(7-9-19)16-29(26,27)24-13-10-18(11-14-24)21(25)23-12-15-28-20-4-2-1-3-5-20/h1-9,18H,10-16H2,(H,23,25). The number of sulfonamides is 1. The van der Waals surface area contributed by atoms with E-state index < -0.39 is 10.0 Å². The van der Waals surface area contributed by atoms with Crippen molar-refractivity contribution in [1.29, 1.82) is 0 Å². The molecule has 2 aromatic rings. The molecule has 0 radical (unpaired) electrons. The largest absolute Gasteiger partial charge is 0.355 e. The highest BCUT2D eigenvalue weighted by Crippen LogP contribution is 2.22. The first-order valence-corrected chi connectivity index (χ1v) is 12.6. The van der Waals surface area contributed by atoms with Gasteiger partial charge in [-0.1, -0.05) is 41.9 Å². The molecular formula is C21H25ClN2O3S2. The Morgan fingerprint density at radius 2 is 1.72 bits per heavy atom. The van der Waals surface area contributed by atoms with Crippen LogP contribution in [0.5, 0.6) is 0 Å². The molecule has 3 rings (SSSR count). The SMILES string of the molecule is O=C(NCCSc1ccccc1)C1CCN(S(=O)(=O)Cc2ccc(Cl)cc2)CC1. The summed E-state index contributed by atoms with van der Waals surface area (Å²) in [6.07, 6.45) is 1.11. The molecule has 0 unspecified atom stereocenters. The van der Waals surface area contributed by atoms with Gasteiger partial charge in [-0.05, 0) is 42.7 Å². The zero-order valence-electron chi connectivity index (χ0n) is 16.1. The lowest BCUT2D eigenvalue weighted by atomic mass is 9.97. The van der Waals surface area contributed by atoms with Crippen LogP contribution in [-0.4, -0.2) is 44.0 Å². The third kappa shape index (κ3) is 6.74. The van der Waals surface area contributed by atoms with E-state index in [1.165, 1.54) is 9.20 Å². The summed E-state index contributed by atoms with van der Waals surface area (Å²) in [6, 6.07) is 16.9. The lowest BCUT2D eigenvalue weighted by Gasteiger charge is -2.30. The summed E-state index contributed by atoms with van der Waals surface area (Å²) in [4.78, 5) is 13.6. The lowest BCUT2D eigenvalue weighted by Crippen LogP contribution is -2.43. The molecule has 1 N–H and O–H groups in total. The Kier molecular flexibility index (Phi) is 8.00. The van der Waals surface area contributed by atoms with Gasteiger partial charge in [0, 0.05) is 41.2 Å². The number of rotatable bonds is 8. The van der Waals surface area contributed by atoms with Gasteiger partial charge in [0.2, 0.25) is 15.9 Å². The van der Waals surface area contributed by atoms with E-state index in [1.807, 2.05) is 30.3 Å². The van der Waals surface area contributed by atoms with Crippen LogP contribution in [0.1, 0.15) is 18.4 Å². The first-order valence-electron chi connectivity index (χ1n) is 9.62. The first kappa shape index (κ1) is 22.2. The first-order chi connectivity index (χ1) is 13.9. The minimum absolute atomic E-state index is 0.0217. The van der Waals surface area contributed by atoms with E-state index in [1.54, 1.807) is 36.0 Å². The van der Waals surface area contributed by atoms with Crippen molar-refractivity contribution < 1.29 is 13.2 Å². The van der Waals surface area contributed by atoms with Gasteiger partial charge < -0.3 is 5.32 Å². The fourth-order valence-electron chi connectivity index (χ4n) is 3.28. The summed E-state index contributed by atoms with van der Waals surface area (Å²) < 4.78 is 26.8. The number of nitrogens with one attached hydrogen (secondary N) is 1. The minimum Gasteiger partial charge on any atom is -0.355 e. The number of carbonyl (C=O) groups excluding carboxylic acids is 1. The van der Waals surface area contributed by atoms with Gasteiger partial charge in [-0.25, -0.2) is 12.7 Å². The van der Waals surface area contributed by atoms with E-state index >= 15 is 0 Å². The lowest BCUT2D eigenvalue weighted by molar-refractivity contribution is -0.125. The van der Waals surface area contributed by atoms with Crippen LogP contribution in [0.2, 0.25) is 5.02 Å². The highest BCUT2D eigenvalue weighted by atomic mass is 35.5. The minimum atomic E-state index is -3.39. The van der Waals surface area contributed by atoms with Crippen LogP contribution in [-0.2, 0) is 20.6 Å². The molecule has 1 aliphatic heterocycles. The maximum Gasteiger partial charge on any atom is 0.223 e. The third-order valence-electron chi connectivity index (χ3n) is 4.89. The molecule has 2 aromatic carbocycles. The molecule has 1 aliphatic rings. The molecule has 1 fully saturated rings. The van der Waals surface area contributed by atoms with Crippen molar-refractivity contribution >= 4 is 39.3 Å². The van der Waals surface area contributed by atoms with Crippen molar-refractivity contribution in [2.75, 3.05) is 25.4 Å². The highest BCUT2D eigenvalue weighted by Gasteiger charge is 2.31. The monoisotopic (exact) mass is 452 g/mol. The molecule has 29 heavy (non-hydrogen) atoms. The van der Waals surface area contributed by atoms with Crippen molar-refractivity contribution in [3.63, 3.8) is 0 Å². The van der Waals surface area contributed by atoms with Crippen LogP contribution < -0.4 is 5.32 Å². The van der Waals surface area contributed by atoms with Gasteiger partial charge in [-0.3, -0.25) is 4.79 Å². The number of thioether (sulfide) groups is 1. The normalized spacial score (nSPS) is 15.9. The molecule has 1 amide bonds. The van der Waals surface area contributed by atoms with Gasteiger partial charge in [0.15, 0.2) is 0 Å². The quantitative estimate of drug-likeness (QED) is 0.488. The van der Waals surface area contributed by atoms with Crippen molar-refractivity contribution in [2.45, 2.75) is 23.5 Å². The molecule has 1 heterocycles. The highest BCUT2D eigenvalue weighted by molar-refractivity contribution is 7.99. The summed E-state index contributed by atoms with van der Waals surface area (Å²) in [5.41, 5.74) is 0.713. The van der Waals surface area contributed by atoms with Crippen molar-refractivity contribution in [3.8, 4) is 0 Å². The number of amides is 1. The molecule has 0 saturated carbocycles. The average molecular weight is 453 g/mol. The summed E-state index contributed by atoms with van der Waals surface area (Å²) in [6.45, 7) is 1.37. The second-order valence-corrected chi connectivity index (χ2v) is 10.6. The zero-order valence-corrected chi connectivity index (χ0v) is 18.5. The number of benzene rings is 2. The number of carbonyl (C=O) groups is 1. The molecule has 8 heteroatoms. The van der Waals surface area contributed by atoms with Crippen LogP contribution in [0.15, 0.2) is 59.5 Å². The molecule has 0 atom stereocenters. The van der Waals surface area contributed by atoms with Gasteiger partial charge in [0.25, 0.3) is 0 Å². The van der Waals surface area contributed by atoms with E-state index in [9.17, 15) is 13.2 Å². The van der Waals surface area contributed by atoms with Crippen molar-refractivity contribution in [2.24, 2.45) is 5.92 Å².